The van der Waals surface area contributed by atoms with Crippen molar-refractivity contribution in [1.82, 2.24) is 10.8 Å². The highest BCUT2D eigenvalue weighted by molar-refractivity contribution is 5.94. The monoisotopic (exact) mass is 392 g/mol. The van der Waals surface area contributed by atoms with Gasteiger partial charge in [-0.15, -0.1) is 0 Å². The third-order valence-corrected chi connectivity index (χ3v) is 4.49. The topological polar surface area (TPSA) is 78.4 Å². The maximum Gasteiger partial charge on any atom is 0.251 e. The van der Waals surface area contributed by atoms with Crippen LogP contribution in [0.4, 0.5) is 0 Å². The summed E-state index contributed by atoms with van der Waals surface area (Å²) < 4.78 is 0. The Kier molecular flexibility index (Phi) is 9.47. The van der Waals surface area contributed by atoms with Gasteiger partial charge in [0.2, 0.25) is 5.91 Å². The van der Waals surface area contributed by atoms with E-state index < -0.39 is 5.91 Å². The molecule has 0 aromatic heterocycles. The zero-order valence-corrected chi connectivity index (χ0v) is 16.8. The predicted octanol–water partition coefficient (Wildman–Crippen LogP) is 4.30. The summed E-state index contributed by atoms with van der Waals surface area (Å²) in [6.07, 6.45) is 5.15. The average Bonchev–Trinajstić information content (AvgIpc) is 2.76. The maximum atomic E-state index is 12.1. The van der Waals surface area contributed by atoms with Crippen LogP contribution in [0.15, 0.2) is 48.5 Å². The minimum absolute atomic E-state index is 0.162. The Morgan fingerprint density at radius 2 is 1.59 bits per heavy atom. The van der Waals surface area contributed by atoms with Crippen LogP contribution in [0.2, 0.25) is 0 Å². The van der Waals surface area contributed by atoms with E-state index >= 15 is 0 Å². The van der Waals surface area contributed by atoms with Gasteiger partial charge in [-0.25, -0.2) is 5.48 Å². The summed E-state index contributed by atoms with van der Waals surface area (Å²) in [5.74, 6) is 5.77. The standard InChI is InChI=1S/C24H28N2O3/c1-2-3-4-5-6-8-19-10-12-20(13-11-19)21-14-16-22(17-15-21)24(28)25-18-7-9-23(27)26-29/h10-17,29H,2-5,7,9,18H2,1H3,(H,25,28)(H,26,27). The first-order chi connectivity index (χ1) is 14.1. The van der Waals surface area contributed by atoms with Crippen LogP contribution in [0.5, 0.6) is 0 Å². The van der Waals surface area contributed by atoms with E-state index in [0.717, 1.165) is 29.5 Å². The number of hydrogen-bond donors (Lipinski definition) is 3. The summed E-state index contributed by atoms with van der Waals surface area (Å²) in [4.78, 5) is 23.1. The smallest absolute Gasteiger partial charge is 0.251 e. The molecule has 3 N–H and O–H groups in total. The molecule has 5 nitrogen and oxygen atoms in total. The molecular formula is C24H28N2O3. The van der Waals surface area contributed by atoms with Gasteiger partial charge in [0.25, 0.3) is 5.91 Å². The fourth-order valence-electron chi connectivity index (χ4n) is 2.80. The zero-order valence-electron chi connectivity index (χ0n) is 16.8. The number of rotatable bonds is 9. The quantitative estimate of drug-likeness (QED) is 0.258. The third kappa shape index (κ3) is 7.81. The van der Waals surface area contributed by atoms with E-state index in [9.17, 15) is 9.59 Å². The van der Waals surface area contributed by atoms with Crippen LogP contribution in [-0.4, -0.2) is 23.6 Å². The number of benzene rings is 2. The first-order valence-corrected chi connectivity index (χ1v) is 10.0. The Morgan fingerprint density at radius 3 is 2.21 bits per heavy atom. The van der Waals surface area contributed by atoms with E-state index in [1.54, 1.807) is 17.6 Å². The van der Waals surface area contributed by atoms with E-state index in [2.05, 4.69) is 24.1 Å². The number of carbonyl (C=O) groups excluding carboxylic acids is 2. The molecular weight excluding hydrogens is 364 g/mol. The molecule has 2 aromatic rings. The van der Waals surface area contributed by atoms with E-state index in [0.29, 0.717) is 18.5 Å². The van der Waals surface area contributed by atoms with Crippen LogP contribution in [0.1, 0.15) is 61.4 Å². The lowest BCUT2D eigenvalue weighted by atomic mass is 10.0. The Balaban J connectivity index is 1.87. The molecule has 29 heavy (non-hydrogen) atoms. The second-order valence-electron chi connectivity index (χ2n) is 6.81. The second-order valence-corrected chi connectivity index (χ2v) is 6.81. The molecule has 0 unspecified atom stereocenters. The minimum atomic E-state index is -0.461. The molecule has 0 bridgehead atoms. The van der Waals surface area contributed by atoms with Gasteiger partial charge in [0.05, 0.1) is 0 Å². The molecule has 5 heteroatoms. The third-order valence-electron chi connectivity index (χ3n) is 4.49. The van der Waals surface area contributed by atoms with Gasteiger partial charge in [-0.1, -0.05) is 55.9 Å². The predicted molar refractivity (Wildman–Crippen MR) is 114 cm³/mol. The number of nitrogens with one attached hydrogen (secondary N) is 2. The molecule has 0 aliphatic carbocycles. The molecule has 0 aliphatic heterocycles. The fourth-order valence-corrected chi connectivity index (χ4v) is 2.80. The molecule has 2 rings (SSSR count). The first kappa shape index (κ1) is 22.2. The summed E-state index contributed by atoms with van der Waals surface area (Å²) in [5.41, 5.74) is 5.25. The van der Waals surface area contributed by atoms with Crippen molar-refractivity contribution in [2.24, 2.45) is 0 Å². The van der Waals surface area contributed by atoms with Crippen molar-refractivity contribution < 1.29 is 14.8 Å². The Bertz CT molecular complexity index is 846. The van der Waals surface area contributed by atoms with Crippen molar-refractivity contribution >= 4 is 11.8 Å². The van der Waals surface area contributed by atoms with E-state index in [1.807, 2.05) is 36.4 Å². The molecule has 2 amide bonds. The number of hydroxylamine groups is 1. The molecule has 152 valence electrons. The number of hydrogen-bond acceptors (Lipinski definition) is 3. The van der Waals surface area contributed by atoms with Gasteiger partial charge in [-0.3, -0.25) is 14.8 Å². The molecule has 0 saturated heterocycles. The Morgan fingerprint density at radius 1 is 0.931 bits per heavy atom. The van der Waals surface area contributed by atoms with Crippen LogP contribution >= 0.6 is 0 Å². The van der Waals surface area contributed by atoms with Crippen molar-refractivity contribution in [2.45, 2.75) is 45.4 Å². The average molecular weight is 392 g/mol. The largest absolute Gasteiger partial charge is 0.352 e. The van der Waals surface area contributed by atoms with E-state index in [-0.39, 0.29) is 12.3 Å². The number of carbonyl (C=O) groups is 2. The van der Waals surface area contributed by atoms with Gasteiger partial charge in [0.15, 0.2) is 0 Å². The zero-order chi connectivity index (χ0) is 20.9. The summed E-state index contributed by atoms with van der Waals surface area (Å²) in [7, 11) is 0. The minimum Gasteiger partial charge on any atom is -0.352 e. The van der Waals surface area contributed by atoms with Crippen molar-refractivity contribution in [3.8, 4) is 23.0 Å². The lowest BCUT2D eigenvalue weighted by Crippen LogP contribution is -2.26. The van der Waals surface area contributed by atoms with Gasteiger partial charge in [0, 0.05) is 30.5 Å². The van der Waals surface area contributed by atoms with E-state index in [1.165, 1.54) is 12.8 Å². The highest BCUT2D eigenvalue weighted by Gasteiger charge is 2.06. The van der Waals surface area contributed by atoms with Crippen LogP contribution in [0, 0.1) is 11.8 Å². The fraction of sp³-hybridized carbons (Fsp3) is 0.333. The molecule has 0 spiro atoms. The number of amides is 2. The van der Waals surface area contributed by atoms with Crippen molar-refractivity contribution in [3.05, 3.63) is 59.7 Å². The van der Waals surface area contributed by atoms with Gasteiger partial charge in [-0.2, -0.15) is 0 Å². The van der Waals surface area contributed by atoms with Crippen LogP contribution in [-0.2, 0) is 4.79 Å². The second kappa shape index (κ2) is 12.4. The van der Waals surface area contributed by atoms with Gasteiger partial charge >= 0.3 is 0 Å². The van der Waals surface area contributed by atoms with Gasteiger partial charge in [0.1, 0.15) is 0 Å². The molecule has 0 saturated carbocycles. The lowest BCUT2D eigenvalue weighted by molar-refractivity contribution is -0.129. The molecule has 0 fully saturated rings. The lowest BCUT2D eigenvalue weighted by Gasteiger charge is -2.06. The molecule has 2 aromatic carbocycles. The van der Waals surface area contributed by atoms with E-state index in [4.69, 9.17) is 5.21 Å². The first-order valence-electron chi connectivity index (χ1n) is 10.0. The molecule has 0 atom stereocenters. The highest BCUT2D eigenvalue weighted by Crippen LogP contribution is 2.20. The molecule has 0 aliphatic rings. The van der Waals surface area contributed by atoms with Crippen molar-refractivity contribution in [1.29, 1.82) is 0 Å². The summed E-state index contributed by atoms with van der Waals surface area (Å²) in [5, 5.41) is 11.2. The SMILES string of the molecule is CCCCCC#Cc1ccc(-c2ccc(C(=O)NCCCC(=O)NO)cc2)cc1. The van der Waals surface area contributed by atoms with Gasteiger partial charge < -0.3 is 5.32 Å². The van der Waals surface area contributed by atoms with Crippen molar-refractivity contribution in [2.75, 3.05) is 6.54 Å². The maximum absolute atomic E-state index is 12.1. The Hall–Kier alpha value is -3.10. The van der Waals surface area contributed by atoms with Crippen LogP contribution in [0.25, 0.3) is 11.1 Å². The van der Waals surface area contributed by atoms with Crippen LogP contribution < -0.4 is 10.8 Å². The highest BCUT2D eigenvalue weighted by atomic mass is 16.5. The van der Waals surface area contributed by atoms with Crippen molar-refractivity contribution in [3.63, 3.8) is 0 Å². The number of unbranched alkanes of at least 4 members (excludes halogenated alkanes) is 3. The summed E-state index contributed by atoms with van der Waals surface area (Å²) in [6.45, 7) is 2.56. The molecule has 0 radical (unpaired) electrons. The Labute approximate surface area is 172 Å². The van der Waals surface area contributed by atoms with Crippen LogP contribution in [0.3, 0.4) is 0 Å². The normalized spacial score (nSPS) is 10.0. The summed E-state index contributed by atoms with van der Waals surface area (Å²) in [6, 6.07) is 15.5. The van der Waals surface area contributed by atoms with Gasteiger partial charge in [-0.05, 0) is 48.2 Å². The molecule has 0 heterocycles. The summed E-state index contributed by atoms with van der Waals surface area (Å²) >= 11 is 0.